The number of nitrogens with two attached hydrogens (primary N) is 1. The van der Waals surface area contributed by atoms with E-state index in [1.807, 2.05) is 6.92 Å². The number of aryl methyl sites for hydroxylation is 1. The van der Waals surface area contributed by atoms with E-state index in [-0.39, 0.29) is 0 Å². The maximum absolute atomic E-state index is 6.05. The minimum absolute atomic E-state index is 0.543. The molecule has 1 aromatic heterocycles. The van der Waals surface area contributed by atoms with Gasteiger partial charge in [0, 0.05) is 30.0 Å². The van der Waals surface area contributed by atoms with Gasteiger partial charge in [-0.15, -0.1) is 11.3 Å². The van der Waals surface area contributed by atoms with Crippen molar-refractivity contribution in [1.29, 1.82) is 0 Å². The van der Waals surface area contributed by atoms with E-state index in [0.717, 1.165) is 24.5 Å². The summed E-state index contributed by atoms with van der Waals surface area (Å²) in [5, 5.41) is 3.26. The summed E-state index contributed by atoms with van der Waals surface area (Å²) in [5.41, 5.74) is 7.16. The van der Waals surface area contributed by atoms with Gasteiger partial charge in [-0.3, -0.25) is 4.99 Å². The van der Waals surface area contributed by atoms with E-state index in [2.05, 4.69) is 15.4 Å². The molecule has 1 aliphatic rings. The molecule has 1 aliphatic carbocycles. The average Bonchev–Trinajstić information content (AvgIpc) is 2.76. The van der Waals surface area contributed by atoms with E-state index in [9.17, 15) is 0 Å². The summed E-state index contributed by atoms with van der Waals surface area (Å²) in [5.74, 6) is 1.42. The summed E-state index contributed by atoms with van der Waals surface area (Å²) in [6.45, 7) is 2.81. The van der Waals surface area contributed by atoms with Crippen LogP contribution in [0.3, 0.4) is 0 Å². The Balaban J connectivity index is 1.79. The van der Waals surface area contributed by atoms with Gasteiger partial charge in [0.1, 0.15) is 0 Å². The highest BCUT2D eigenvalue weighted by molar-refractivity contribution is 7.09. The monoisotopic (exact) mass is 251 g/mol. The largest absolute Gasteiger partial charge is 0.387 e. The van der Waals surface area contributed by atoms with Crippen LogP contribution in [0.2, 0.25) is 0 Å². The van der Waals surface area contributed by atoms with Gasteiger partial charge in [0.05, 0.1) is 10.8 Å². The molecular formula is C13H21N3S. The molecule has 2 rings (SSSR count). The lowest BCUT2D eigenvalue weighted by atomic mass is 9.88. The zero-order valence-electron chi connectivity index (χ0n) is 10.5. The summed E-state index contributed by atoms with van der Waals surface area (Å²) in [7, 11) is 0. The van der Waals surface area contributed by atoms with Crippen LogP contribution in [0.4, 0.5) is 0 Å². The van der Waals surface area contributed by atoms with Crippen LogP contribution in [0.15, 0.2) is 10.4 Å². The average molecular weight is 251 g/mol. The van der Waals surface area contributed by atoms with Crippen molar-refractivity contribution in [2.75, 3.05) is 6.54 Å². The predicted molar refractivity (Wildman–Crippen MR) is 73.6 cm³/mol. The van der Waals surface area contributed by atoms with Crippen molar-refractivity contribution < 1.29 is 0 Å². The SMILES string of the molecule is Cc1csc(CCN=C(N)C2CCCCC2)n1. The molecule has 3 nitrogen and oxygen atoms in total. The molecule has 1 fully saturated rings. The highest BCUT2D eigenvalue weighted by atomic mass is 32.1. The van der Waals surface area contributed by atoms with Crippen molar-refractivity contribution in [3.05, 3.63) is 16.1 Å². The normalized spacial score (nSPS) is 18.5. The highest BCUT2D eigenvalue weighted by Gasteiger charge is 2.16. The van der Waals surface area contributed by atoms with Crippen molar-refractivity contribution >= 4 is 17.2 Å². The second kappa shape index (κ2) is 6.15. The topological polar surface area (TPSA) is 51.3 Å². The van der Waals surface area contributed by atoms with Crippen LogP contribution in [0.1, 0.15) is 42.8 Å². The molecule has 0 atom stereocenters. The Bertz CT molecular complexity index is 378. The minimum Gasteiger partial charge on any atom is -0.387 e. The number of amidine groups is 1. The number of aliphatic imine (C=N–C) groups is 1. The second-order valence-corrected chi connectivity index (χ2v) is 5.72. The number of rotatable bonds is 4. The van der Waals surface area contributed by atoms with Crippen molar-refractivity contribution in [3.8, 4) is 0 Å². The molecule has 4 heteroatoms. The minimum atomic E-state index is 0.543. The molecule has 94 valence electrons. The van der Waals surface area contributed by atoms with E-state index < -0.39 is 0 Å². The van der Waals surface area contributed by atoms with Gasteiger partial charge in [0.2, 0.25) is 0 Å². The second-order valence-electron chi connectivity index (χ2n) is 4.77. The molecule has 0 bridgehead atoms. The smallest absolute Gasteiger partial charge is 0.0968 e. The Morgan fingerprint density at radius 2 is 2.24 bits per heavy atom. The number of thiazole rings is 1. The molecule has 2 N–H and O–H groups in total. The lowest BCUT2D eigenvalue weighted by molar-refractivity contribution is 0.436. The van der Waals surface area contributed by atoms with Crippen LogP contribution in [0.5, 0.6) is 0 Å². The number of hydrogen-bond acceptors (Lipinski definition) is 3. The zero-order valence-corrected chi connectivity index (χ0v) is 11.3. The molecule has 0 aliphatic heterocycles. The lowest BCUT2D eigenvalue weighted by Crippen LogP contribution is -2.26. The first-order valence-electron chi connectivity index (χ1n) is 6.46. The zero-order chi connectivity index (χ0) is 12.1. The van der Waals surface area contributed by atoms with E-state index in [1.54, 1.807) is 11.3 Å². The Kier molecular flexibility index (Phi) is 4.54. The molecule has 1 saturated carbocycles. The fourth-order valence-electron chi connectivity index (χ4n) is 2.33. The summed E-state index contributed by atoms with van der Waals surface area (Å²) >= 11 is 1.72. The van der Waals surface area contributed by atoms with Gasteiger partial charge in [0.25, 0.3) is 0 Å². The van der Waals surface area contributed by atoms with E-state index >= 15 is 0 Å². The molecule has 1 heterocycles. The third-order valence-electron chi connectivity index (χ3n) is 3.31. The molecular weight excluding hydrogens is 230 g/mol. The first-order chi connectivity index (χ1) is 8.25. The van der Waals surface area contributed by atoms with E-state index in [1.165, 1.54) is 37.1 Å². The van der Waals surface area contributed by atoms with Gasteiger partial charge in [-0.05, 0) is 19.8 Å². The molecule has 17 heavy (non-hydrogen) atoms. The quantitative estimate of drug-likeness (QED) is 0.660. The van der Waals surface area contributed by atoms with Crippen LogP contribution in [-0.2, 0) is 6.42 Å². The summed E-state index contributed by atoms with van der Waals surface area (Å²) in [4.78, 5) is 8.94. The van der Waals surface area contributed by atoms with Crippen LogP contribution in [0, 0.1) is 12.8 Å². The summed E-state index contributed by atoms with van der Waals surface area (Å²) < 4.78 is 0. The Morgan fingerprint density at radius 3 is 2.88 bits per heavy atom. The van der Waals surface area contributed by atoms with E-state index in [0.29, 0.717) is 5.92 Å². The first kappa shape index (κ1) is 12.6. The van der Waals surface area contributed by atoms with Crippen LogP contribution >= 0.6 is 11.3 Å². The van der Waals surface area contributed by atoms with Gasteiger partial charge >= 0.3 is 0 Å². The Hall–Kier alpha value is -0.900. The summed E-state index contributed by atoms with van der Waals surface area (Å²) in [6.07, 6.45) is 7.37. The summed E-state index contributed by atoms with van der Waals surface area (Å²) in [6, 6.07) is 0. The molecule has 0 radical (unpaired) electrons. The van der Waals surface area contributed by atoms with Gasteiger partial charge in [0.15, 0.2) is 0 Å². The first-order valence-corrected chi connectivity index (χ1v) is 7.34. The van der Waals surface area contributed by atoms with Gasteiger partial charge in [-0.1, -0.05) is 19.3 Å². The molecule has 1 aromatic rings. The van der Waals surface area contributed by atoms with Crippen molar-refractivity contribution in [2.24, 2.45) is 16.6 Å². The third-order valence-corrected chi connectivity index (χ3v) is 4.34. The number of nitrogens with zero attached hydrogens (tertiary/aromatic N) is 2. The van der Waals surface area contributed by atoms with Crippen LogP contribution in [-0.4, -0.2) is 17.4 Å². The van der Waals surface area contributed by atoms with Crippen molar-refractivity contribution in [1.82, 2.24) is 4.98 Å². The Morgan fingerprint density at radius 1 is 1.47 bits per heavy atom. The van der Waals surface area contributed by atoms with E-state index in [4.69, 9.17) is 5.73 Å². The Labute approximate surface area is 107 Å². The molecule has 0 aromatic carbocycles. The fraction of sp³-hybridized carbons (Fsp3) is 0.692. The van der Waals surface area contributed by atoms with Crippen LogP contribution in [0.25, 0.3) is 0 Å². The van der Waals surface area contributed by atoms with Crippen LogP contribution < -0.4 is 5.73 Å². The highest BCUT2D eigenvalue weighted by Crippen LogP contribution is 2.23. The lowest BCUT2D eigenvalue weighted by Gasteiger charge is -2.20. The fourth-order valence-corrected chi connectivity index (χ4v) is 3.09. The maximum Gasteiger partial charge on any atom is 0.0968 e. The molecule has 0 unspecified atom stereocenters. The van der Waals surface area contributed by atoms with Crippen molar-refractivity contribution in [3.63, 3.8) is 0 Å². The predicted octanol–water partition coefficient (Wildman–Crippen LogP) is 2.93. The van der Waals surface area contributed by atoms with Gasteiger partial charge in [-0.25, -0.2) is 4.98 Å². The molecule has 0 amide bonds. The number of hydrogen-bond donors (Lipinski definition) is 1. The van der Waals surface area contributed by atoms with Crippen molar-refractivity contribution in [2.45, 2.75) is 45.4 Å². The molecule has 0 spiro atoms. The molecule has 0 saturated heterocycles. The maximum atomic E-state index is 6.05. The number of aromatic nitrogens is 1. The standard InChI is InChI=1S/C13H21N3S/c1-10-9-17-12(16-10)7-8-15-13(14)11-5-3-2-4-6-11/h9,11H,2-8H2,1H3,(H2,14,15). The van der Waals surface area contributed by atoms with Gasteiger partial charge in [-0.2, -0.15) is 0 Å². The van der Waals surface area contributed by atoms with Gasteiger partial charge < -0.3 is 5.73 Å². The third kappa shape index (κ3) is 3.80.